The Balaban J connectivity index is 1.82. The number of ether oxygens (including phenoxy) is 2. The zero-order valence-corrected chi connectivity index (χ0v) is 25.5. The molecule has 0 aliphatic heterocycles. The van der Waals surface area contributed by atoms with Crippen LogP contribution in [0.5, 0.6) is 0 Å². The van der Waals surface area contributed by atoms with Crippen LogP contribution < -0.4 is 0 Å². The van der Waals surface area contributed by atoms with Crippen LogP contribution >= 0.6 is 0 Å². The van der Waals surface area contributed by atoms with E-state index in [1.54, 1.807) is 26.0 Å². The van der Waals surface area contributed by atoms with E-state index in [0.29, 0.717) is 6.42 Å². The van der Waals surface area contributed by atoms with Crippen molar-refractivity contribution in [2.45, 2.75) is 70.5 Å². The lowest BCUT2D eigenvalue weighted by Crippen LogP contribution is -2.43. The van der Waals surface area contributed by atoms with Gasteiger partial charge in [-0.1, -0.05) is 80.4 Å². The third-order valence-corrected chi connectivity index (χ3v) is 8.63. The van der Waals surface area contributed by atoms with Crippen LogP contribution in [-0.2, 0) is 40.3 Å². The van der Waals surface area contributed by atoms with Gasteiger partial charge in [0, 0.05) is 13.0 Å². The Morgan fingerprint density at radius 1 is 0.857 bits per heavy atom. The molecular weight excluding hydrogens is 554 g/mol. The SMILES string of the molecule is CCCCCN(CC(=O)OC(C)C)C(=O)C(CCC(=O)OCc1ccccc1)CS(=O)(=O)c1ccc2ccccc2c1. The van der Waals surface area contributed by atoms with Crippen LogP contribution in [0.15, 0.2) is 77.7 Å². The molecular formula is C33H41NO7S. The van der Waals surface area contributed by atoms with Gasteiger partial charge < -0.3 is 14.4 Å². The highest BCUT2D eigenvalue weighted by Crippen LogP contribution is 2.24. The summed E-state index contributed by atoms with van der Waals surface area (Å²) in [6, 6.07) is 21.5. The van der Waals surface area contributed by atoms with E-state index in [2.05, 4.69) is 0 Å². The highest BCUT2D eigenvalue weighted by atomic mass is 32.2. The maximum Gasteiger partial charge on any atom is 0.325 e. The number of fused-ring (bicyclic) bond motifs is 1. The summed E-state index contributed by atoms with van der Waals surface area (Å²) in [5.41, 5.74) is 0.822. The highest BCUT2D eigenvalue weighted by Gasteiger charge is 2.32. The molecule has 0 aliphatic carbocycles. The zero-order valence-electron chi connectivity index (χ0n) is 24.7. The standard InChI is InChI=1S/C33H41NO7S/c1-4-5-11-20-34(22-32(36)41-25(2)3)33(37)29(17-19-31(35)40-23-26-12-7-6-8-13-26)24-42(38,39)30-18-16-27-14-9-10-15-28(27)21-30/h6-10,12-16,18,21,25,29H,4-5,11,17,19-20,22-24H2,1-3H3. The van der Waals surface area contributed by atoms with Crippen molar-refractivity contribution >= 4 is 38.5 Å². The Hall–Kier alpha value is -3.72. The number of carbonyl (C=O) groups is 3. The monoisotopic (exact) mass is 595 g/mol. The molecule has 3 aromatic carbocycles. The van der Waals surface area contributed by atoms with Crippen LogP contribution in [-0.4, -0.2) is 56.1 Å². The molecule has 1 atom stereocenters. The van der Waals surface area contributed by atoms with Gasteiger partial charge in [-0.2, -0.15) is 0 Å². The first-order chi connectivity index (χ1) is 20.1. The van der Waals surface area contributed by atoms with E-state index in [0.717, 1.165) is 29.2 Å². The van der Waals surface area contributed by atoms with E-state index in [-0.39, 0.29) is 43.5 Å². The van der Waals surface area contributed by atoms with Gasteiger partial charge in [0.25, 0.3) is 0 Å². The number of hydrogen-bond donors (Lipinski definition) is 0. The Morgan fingerprint density at radius 2 is 1.55 bits per heavy atom. The van der Waals surface area contributed by atoms with E-state index < -0.39 is 39.4 Å². The first-order valence-electron chi connectivity index (χ1n) is 14.5. The molecule has 0 radical (unpaired) electrons. The molecule has 9 heteroatoms. The van der Waals surface area contributed by atoms with E-state index in [9.17, 15) is 22.8 Å². The van der Waals surface area contributed by atoms with Crippen molar-refractivity contribution in [3.05, 3.63) is 78.4 Å². The van der Waals surface area contributed by atoms with Crippen molar-refractivity contribution in [3.8, 4) is 0 Å². The van der Waals surface area contributed by atoms with Gasteiger partial charge >= 0.3 is 11.9 Å². The van der Waals surface area contributed by atoms with Crippen molar-refractivity contribution in [3.63, 3.8) is 0 Å². The average Bonchev–Trinajstić information content (AvgIpc) is 2.97. The molecule has 3 aromatic rings. The van der Waals surface area contributed by atoms with Crippen molar-refractivity contribution in [1.29, 1.82) is 0 Å². The lowest BCUT2D eigenvalue weighted by Gasteiger charge is -2.27. The summed E-state index contributed by atoms with van der Waals surface area (Å²) in [6.45, 7) is 5.55. The minimum absolute atomic E-state index is 0.0389. The Morgan fingerprint density at radius 3 is 2.24 bits per heavy atom. The van der Waals surface area contributed by atoms with Crippen LogP contribution in [0.25, 0.3) is 10.8 Å². The molecule has 0 saturated heterocycles. The molecule has 42 heavy (non-hydrogen) atoms. The quantitative estimate of drug-likeness (QED) is 0.154. The summed E-state index contributed by atoms with van der Waals surface area (Å²) in [5, 5.41) is 1.67. The van der Waals surface area contributed by atoms with Gasteiger partial charge in [0.15, 0.2) is 9.84 Å². The number of carbonyl (C=O) groups excluding carboxylic acids is 3. The summed E-state index contributed by atoms with van der Waals surface area (Å²) in [4.78, 5) is 40.5. The van der Waals surface area contributed by atoms with Crippen LogP contribution in [0, 0.1) is 5.92 Å². The fraction of sp³-hybridized carbons (Fsp3) is 0.424. The van der Waals surface area contributed by atoms with Crippen LogP contribution in [0.4, 0.5) is 0 Å². The van der Waals surface area contributed by atoms with Gasteiger partial charge in [-0.3, -0.25) is 14.4 Å². The average molecular weight is 596 g/mol. The largest absolute Gasteiger partial charge is 0.462 e. The molecule has 3 rings (SSSR count). The molecule has 0 aliphatic rings. The van der Waals surface area contributed by atoms with Crippen molar-refractivity contribution < 1.29 is 32.3 Å². The Bertz CT molecular complexity index is 1440. The second-order valence-electron chi connectivity index (χ2n) is 10.7. The van der Waals surface area contributed by atoms with E-state index in [1.165, 1.54) is 11.0 Å². The van der Waals surface area contributed by atoms with Gasteiger partial charge in [0.05, 0.1) is 22.7 Å². The minimum Gasteiger partial charge on any atom is -0.462 e. The molecule has 1 unspecified atom stereocenters. The normalized spacial score (nSPS) is 12.2. The molecule has 1 amide bonds. The van der Waals surface area contributed by atoms with Crippen LogP contribution in [0.3, 0.4) is 0 Å². The summed E-state index contributed by atoms with van der Waals surface area (Å²) >= 11 is 0. The van der Waals surface area contributed by atoms with Gasteiger partial charge in [-0.25, -0.2) is 8.42 Å². The van der Waals surface area contributed by atoms with Gasteiger partial charge in [-0.05, 0) is 55.2 Å². The summed E-state index contributed by atoms with van der Waals surface area (Å²) in [7, 11) is -3.92. The number of esters is 2. The highest BCUT2D eigenvalue weighted by molar-refractivity contribution is 7.91. The number of nitrogens with zero attached hydrogens (tertiary/aromatic N) is 1. The third kappa shape index (κ3) is 10.3. The smallest absolute Gasteiger partial charge is 0.325 e. The van der Waals surface area contributed by atoms with Gasteiger partial charge in [-0.15, -0.1) is 0 Å². The molecule has 0 heterocycles. The first-order valence-corrected chi connectivity index (χ1v) is 16.1. The molecule has 0 N–H and O–H groups in total. The number of rotatable bonds is 16. The lowest BCUT2D eigenvalue weighted by atomic mass is 10.0. The van der Waals surface area contributed by atoms with Crippen LogP contribution in [0.1, 0.15) is 58.4 Å². The molecule has 0 aromatic heterocycles. The summed E-state index contributed by atoms with van der Waals surface area (Å²) in [5.74, 6) is -3.14. The number of hydrogen-bond acceptors (Lipinski definition) is 7. The fourth-order valence-corrected chi connectivity index (χ4v) is 6.25. The zero-order chi connectivity index (χ0) is 30.5. The molecule has 0 bridgehead atoms. The second kappa shape index (κ2) is 16.1. The Labute approximate surface area is 248 Å². The van der Waals surface area contributed by atoms with Crippen molar-refractivity contribution in [2.24, 2.45) is 5.92 Å². The summed E-state index contributed by atoms with van der Waals surface area (Å²) in [6.07, 6.45) is 1.87. The number of sulfone groups is 1. The van der Waals surface area contributed by atoms with Crippen LogP contribution in [0.2, 0.25) is 0 Å². The van der Waals surface area contributed by atoms with Gasteiger partial charge in [0.2, 0.25) is 5.91 Å². The van der Waals surface area contributed by atoms with E-state index >= 15 is 0 Å². The minimum atomic E-state index is -3.92. The second-order valence-corrected chi connectivity index (χ2v) is 12.7. The van der Waals surface area contributed by atoms with Gasteiger partial charge in [0.1, 0.15) is 13.2 Å². The van der Waals surface area contributed by atoms with E-state index in [4.69, 9.17) is 9.47 Å². The molecule has 0 fully saturated rings. The molecule has 0 spiro atoms. The molecule has 226 valence electrons. The predicted molar refractivity (Wildman–Crippen MR) is 162 cm³/mol. The molecule has 0 saturated carbocycles. The molecule has 8 nitrogen and oxygen atoms in total. The maximum absolute atomic E-state index is 13.9. The lowest BCUT2D eigenvalue weighted by molar-refractivity contribution is -0.154. The number of amides is 1. The fourth-order valence-electron chi connectivity index (χ4n) is 4.64. The number of unbranched alkanes of at least 4 members (excludes halogenated alkanes) is 2. The van der Waals surface area contributed by atoms with E-state index in [1.807, 2.05) is 61.5 Å². The topological polar surface area (TPSA) is 107 Å². The first kappa shape index (κ1) is 32.8. The third-order valence-electron chi connectivity index (χ3n) is 6.82. The van der Waals surface area contributed by atoms with Crippen molar-refractivity contribution in [1.82, 2.24) is 4.90 Å². The summed E-state index contributed by atoms with van der Waals surface area (Å²) < 4.78 is 37.9. The Kier molecular flexibility index (Phi) is 12.5. The maximum atomic E-state index is 13.9. The number of benzene rings is 3. The van der Waals surface area contributed by atoms with Crippen molar-refractivity contribution in [2.75, 3.05) is 18.8 Å². The predicted octanol–water partition coefficient (Wildman–Crippen LogP) is 5.72.